The summed E-state index contributed by atoms with van der Waals surface area (Å²) < 4.78 is 31.4. The first-order chi connectivity index (χ1) is 9.83. The second-order valence-electron chi connectivity index (χ2n) is 4.44. The van der Waals surface area contributed by atoms with Crippen molar-refractivity contribution < 1.29 is 23.2 Å². The number of likely N-dealkylation sites (N-methyl/N-ethyl adjacent to an activating group) is 1. The topological polar surface area (TPSA) is 72.7 Å². The van der Waals surface area contributed by atoms with Crippen LogP contribution in [0.1, 0.15) is 24.2 Å². The van der Waals surface area contributed by atoms with Crippen LogP contribution in [0.4, 0.5) is 14.5 Å². The summed E-state index contributed by atoms with van der Waals surface area (Å²) in [5.74, 6) is -3.42. The second kappa shape index (κ2) is 7.07. The summed E-state index contributed by atoms with van der Waals surface area (Å²) in [6, 6.07) is 0.607. The maximum absolute atomic E-state index is 13.3. The summed E-state index contributed by atoms with van der Waals surface area (Å²) in [6.07, 6.45) is 0. The molecule has 116 valence electrons. The van der Waals surface area contributed by atoms with Gasteiger partial charge in [0.05, 0.1) is 23.6 Å². The Morgan fingerprint density at radius 3 is 2.48 bits per heavy atom. The summed E-state index contributed by atoms with van der Waals surface area (Å²) in [4.78, 5) is 23.7. The zero-order chi connectivity index (χ0) is 16.2. The Morgan fingerprint density at radius 2 is 2.00 bits per heavy atom. The van der Waals surface area contributed by atoms with Gasteiger partial charge >= 0.3 is 0 Å². The Kier molecular flexibility index (Phi) is 5.71. The van der Waals surface area contributed by atoms with Gasteiger partial charge in [0, 0.05) is 13.7 Å². The first-order valence-corrected chi connectivity index (χ1v) is 6.26. The second-order valence-corrected chi connectivity index (χ2v) is 4.44. The van der Waals surface area contributed by atoms with Crippen molar-refractivity contribution in [3.05, 3.63) is 39.4 Å². The Morgan fingerprint density at radius 1 is 1.43 bits per heavy atom. The van der Waals surface area contributed by atoms with E-state index in [1.807, 2.05) is 0 Å². The van der Waals surface area contributed by atoms with Gasteiger partial charge in [0.15, 0.2) is 11.6 Å². The van der Waals surface area contributed by atoms with E-state index in [0.29, 0.717) is 12.1 Å². The van der Waals surface area contributed by atoms with Crippen molar-refractivity contribution >= 4 is 11.6 Å². The molecular formula is C13H16F2N2O4. The summed E-state index contributed by atoms with van der Waals surface area (Å²) in [5, 5.41) is 10.9. The lowest BCUT2D eigenvalue weighted by Crippen LogP contribution is -2.41. The van der Waals surface area contributed by atoms with Gasteiger partial charge in [-0.2, -0.15) is 0 Å². The number of ether oxygens (including phenoxy) is 1. The van der Waals surface area contributed by atoms with Crippen molar-refractivity contribution in [3.8, 4) is 0 Å². The highest BCUT2D eigenvalue weighted by Crippen LogP contribution is 2.24. The molecule has 1 unspecified atom stereocenters. The van der Waals surface area contributed by atoms with Crippen molar-refractivity contribution in [1.29, 1.82) is 0 Å². The molecule has 0 spiro atoms. The molecule has 1 rings (SSSR count). The smallest absolute Gasteiger partial charge is 0.285 e. The number of hydrogen-bond acceptors (Lipinski definition) is 4. The molecule has 0 aliphatic heterocycles. The zero-order valence-electron chi connectivity index (χ0n) is 11.9. The van der Waals surface area contributed by atoms with Crippen molar-refractivity contribution in [3.63, 3.8) is 0 Å². The normalized spacial score (nSPS) is 12.0. The number of rotatable bonds is 6. The van der Waals surface area contributed by atoms with Crippen LogP contribution in [-0.4, -0.2) is 42.0 Å². The molecule has 0 radical (unpaired) electrons. The Bertz CT molecular complexity index is 551. The highest BCUT2D eigenvalue weighted by atomic mass is 19.2. The minimum absolute atomic E-state index is 0.219. The van der Waals surface area contributed by atoms with E-state index in [-0.39, 0.29) is 19.2 Å². The maximum Gasteiger partial charge on any atom is 0.285 e. The number of halogens is 2. The van der Waals surface area contributed by atoms with E-state index in [0.717, 1.165) is 0 Å². The molecule has 21 heavy (non-hydrogen) atoms. The van der Waals surface area contributed by atoms with E-state index < -0.39 is 33.7 Å². The monoisotopic (exact) mass is 302 g/mol. The summed E-state index contributed by atoms with van der Waals surface area (Å²) >= 11 is 0. The standard InChI is InChI=1S/C13H16F2N2O4/c1-4-16(8(2)7-21-3)13(18)9-5-10(14)11(15)6-12(9)17(19)20/h5-6,8H,4,7H2,1-3H3. The van der Waals surface area contributed by atoms with Crippen LogP contribution in [0.2, 0.25) is 0 Å². The largest absolute Gasteiger partial charge is 0.383 e. The molecule has 0 N–H and O–H groups in total. The number of amides is 1. The lowest BCUT2D eigenvalue weighted by molar-refractivity contribution is -0.385. The van der Waals surface area contributed by atoms with Crippen molar-refractivity contribution in [1.82, 2.24) is 4.90 Å². The van der Waals surface area contributed by atoms with Gasteiger partial charge in [-0.3, -0.25) is 14.9 Å². The Labute approximate surface area is 120 Å². The van der Waals surface area contributed by atoms with Gasteiger partial charge in [-0.05, 0) is 19.9 Å². The van der Waals surface area contributed by atoms with Gasteiger partial charge in [0.2, 0.25) is 0 Å². The summed E-state index contributed by atoms with van der Waals surface area (Å²) in [5.41, 5.74) is -1.24. The van der Waals surface area contributed by atoms with Gasteiger partial charge in [0.25, 0.3) is 11.6 Å². The number of benzene rings is 1. The predicted molar refractivity (Wildman–Crippen MR) is 71.1 cm³/mol. The van der Waals surface area contributed by atoms with Crippen LogP contribution in [0.5, 0.6) is 0 Å². The molecule has 0 aliphatic rings. The van der Waals surface area contributed by atoms with E-state index in [4.69, 9.17) is 4.74 Å². The van der Waals surface area contributed by atoms with Crippen LogP contribution in [0.25, 0.3) is 0 Å². The van der Waals surface area contributed by atoms with Gasteiger partial charge in [-0.15, -0.1) is 0 Å². The molecule has 0 saturated heterocycles. The molecule has 1 amide bonds. The third kappa shape index (κ3) is 3.72. The van der Waals surface area contributed by atoms with E-state index in [1.165, 1.54) is 12.0 Å². The third-order valence-electron chi connectivity index (χ3n) is 3.01. The van der Waals surface area contributed by atoms with Crippen LogP contribution in [0.3, 0.4) is 0 Å². The molecule has 0 aliphatic carbocycles. The third-order valence-corrected chi connectivity index (χ3v) is 3.01. The van der Waals surface area contributed by atoms with Crippen molar-refractivity contribution in [2.24, 2.45) is 0 Å². The molecule has 0 aromatic heterocycles. The summed E-state index contributed by atoms with van der Waals surface area (Å²) in [6.45, 7) is 3.84. The highest BCUT2D eigenvalue weighted by Gasteiger charge is 2.29. The van der Waals surface area contributed by atoms with Crippen molar-refractivity contribution in [2.75, 3.05) is 20.3 Å². The average Bonchev–Trinajstić information content (AvgIpc) is 2.42. The molecule has 8 heteroatoms. The molecule has 1 atom stereocenters. The molecule has 1 aromatic carbocycles. The lowest BCUT2D eigenvalue weighted by Gasteiger charge is -2.27. The van der Waals surface area contributed by atoms with Crippen molar-refractivity contribution in [2.45, 2.75) is 19.9 Å². The number of carbonyl (C=O) groups is 1. The minimum Gasteiger partial charge on any atom is -0.383 e. The molecule has 6 nitrogen and oxygen atoms in total. The highest BCUT2D eigenvalue weighted by molar-refractivity contribution is 5.98. The van der Waals surface area contributed by atoms with Crippen LogP contribution in [0.15, 0.2) is 12.1 Å². The predicted octanol–water partition coefficient (Wildman–Crippen LogP) is 2.37. The maximum atomic E-state index is 13.3. The summed E-state index contributed by atoms with van der Waals surface area (Å²) in [7, 11) is 1.45. The van der Waals surface area contributed by atoms with Crippen LogP contribution >= 0.6 is 0 Å². The minimum atomic E-state index is -1.37. The first kappa shape index (κ1) is 17.0. The van der Waals surface area contributed by atoms with E-state index in [9.17, 15) is 23.7 Å². The van der Waals surface area contributed by atoms with Gasteiger partial charge in [0.1, 0.15) is 5.56 Å². The molecule has 0 heterocycles. The molecule has 1 aromatic rings. The molecule has 0 bridgehead atoms. The van der Waals surface area contributed by atoms with Gasteiger partial charge < -0.3 is 9.64 Å². The molecular weight excluding hydrogens is 286 g/mol. The van der Waals surface area contributed by atoms with Crippen LogP contribution < -0.4 is 0 Å². The van der Waals surface area contributed by atoms with E-state index in [2.05, 4.69) is 0 Å². The SMILES string of the molecule is CCN(C(=O)c1cc(F)c(F)cc1[N+](=O)[O-])C(C)COC. The number of carbonyl (C=O) groups excluding carboxylic acids is 1. The molecule has 0 saturated carbocycles. The van der Waals surface area contributed by atoms with Crippen LogP contribution in [-0.2, 0) is 4.74 Å². The van der Waals surface area contributed by atoms with Gasteiger partial charge in [-0.25, -0.2) is 8.78 Å². The Balaban J connectivity index is 3.27. The lowest BCUT2D eigenvalue weighted by atomic mass is 10.1. The quantitative estimate of drug-likeness (QED) is 0.597. The molecule has 0 fully saturated rings. The average molecular weight is 302 g/mol. The number of hydrogen-bond donors (Lipinski definition) is 0. The van der Waals surface area contributed by atoms with E-state index in [1.54, 1.807) is 13.8 Å². The van der Waals surface area contributed by atoms with Crippen LogP contribution in [0, 0.1) is 21.7 Å². The number of nitro benzene ring substituents is 1. The fourth-order valence-corrected chi connectivity index (χ4v) is 2.00. The zero-order valence-corrected chi connectivity index (χ0v) is 11.9. The number of nitro groups is 1. The van der Waals surface area contributed by atoms with Gasteiger partial charge in [-0.1, -0.05) is 0 Å². The fraction of sp³-hybridized carbons (Fsp3) is 0.462. The van der Waals surface area contributed by atoms with E-state index >= 15 is 0 Å². The number of nitrogens with zero attached hydrogens (tertiary/aromatic N) is 2. The number of methoxy groups -OCH3 is 1. The Hall–Kier alpha value is -2.09. The first-order valence-electron chi connectivity index (χ1n) is 6.26. The fourth-order valence-electron chi connectivity index (χ4n) is 2.00.